The van der Waals surface area contributed by atoms with Gasteiger partial charge in [-0.05, 0) is 24.3 Å². The van der Waals surface area contributed by atoms with Crippen LogP contribution in [0.3, 0.4) is 0 Å². The number of alkyl halides is 3. The smallest absolute Gasteiger partial charge is 0.416 e. The fraction of sp³-hybridized carbons (Fsp3) is 0.238. The van der Waals surface area contributed by atoms with Gasteiger partial charge in [-0.3, -0.25) is 9.36 Å². The highest BCUT2D eigenvalue weighted by Crippen LogP contribution is 2.42. The lowest BCUT2D eigenvalue weighted by molar-refractivity contribution is -0.137. The SMILES string of the molecule is COc1ccc([C@H]2CC(=O)Nc3c2ncn3-c2cccc(C(F)(F)F)c2)c(OC)c1. The first kappa shape index (κ1) is 19.8. The zero-order valence-electron chi connectivity index (χ0n) is 16.2. The molecule has 1 atom stereocenters. The van der Waals surface area contributed by atoms with Gasteiger partial charge in [0, 0.05) is 29.7 Å². The van der Waals surface area contributed by atoms with Crippen LogP contribution in [-0.2, 0) is 11.0 Å². The van der Waals surface area contributed by atoms with Gasteiger partial charge < -0.3 is 14.8 Å². The molecule has 2 aromatic carbocycles. The number of halogens is 3. The highest BCUT2D eigenvalue weighted by atomic mass is 19.4. The van der Waals surface area contributed by atoms with Crippen LogP contribution in [0, 0.1) is 0 Å². The number of carbonyl (C=O) groups excluding carboxylic acids is 1. The molecule has 0 radical (unpaired) electrons. The van der Waals surface area contributed by atoms with Gasteiger partial charge in [0.1, 0.15) is 23.6 Å². The summed E-state index contributed by atoms with van der Waals surface area (Å²) in [6.07, 6.45) is -2.93. The fourth-order valence-electron chi connectivity index (χ4n) is 3.60. The van der Waals surface area contributed by atoms with E-state index >= 15 is 0 Å². The molecule has 0 bridgehead atoms. The molecule has 1 aliphatic rings. The lowest BCUT2D eigenvalue weighted by atomic mass is 9.89. The standard InChI is InChI=1S/C21H18F3N3O3/c1-29-14-6-7-15(17(9-14)30-2)16-10-18(28)26-20-19(16)25-11-27(20)13-5-3-4-12(8-13)21(22,23)24/h3-9,11,16H,10H2,1-2H3,(H,26,28)/t16-/m1/s1. The molecule has 0 fully saturated rings. The summed E-state index contributed by atoms with van der Waals surface area (Å²) in [5.74, 6) is 0.799. The Morgan fingerprint density at radius 1 is 1.13 bits per heavy atom. The van der Waals surface area contributed by atoms with Crippen LogP contribution in [0.4, 0.5) is 19.0 Å². The molecule has 2 heterocycles. The molecule has 1 N–H and O–H groups in total. The van der Waals surface area contributed by atoms with Crippen molar-refractivity contribution in [2.24, 2.45) is 0 Å². The van der Waals surface area contributed by atoms with Crippen LogP contribution in [0.15, 0.2) is 48.8 Å². The largest absolute Gasteiger partial charge is 0.497 e. The second-order valence-corrected chi connectivity index (χ2v) is 6.81. The molecule has 0 unspecified atom stereocenters. The molecule has 0 spiro atoms. The maximum Gasteiger partial charge on any atom is 0.416 e. The quantitative estimate of drug-likeness (QED) is 0.684. The van der Waals surface area contributed by atoms with Gasteiger partial charge in [-0.1, -0.05) is 12.1 Å². The molecular formula is C21H18F3N3O3. The molecule has 1 amide bonds. The van der Waals surface area contributed by atoms with E-state index in [0.717, 1.165) is 17.7 Å². The van der Waals surface area contributed by atoms with Gasteiger partial charge in [0.2, 0.25) is 5.91 Å². The lowest BCUT2D eigenvalue weighted by Gasteiger charge is -2.25. The zero-order chi connectivity index (χ0) is 21.5. The molecule has 156 valence electrons. The van der Waals surface area contributed by atoms with Crippen LogP contribution in [0.25, 0.3) is 5.69 Å². The molecule has 1 aliphatic heterocycles. The number of aromatic nitrogens is 2. The van der Waals surface area contributed by atoms with Crippen molar-refractivity contribution in [3.63, 3.8) is 0 Å². The van der Waals surface area contributed by atoms with E-state index in [4.69, 9.17) is 9.47 Å². The first-order valence-electron chi connectivity index (χ1n) is 9.08. The number of methoxy groups -OCH3 is 2. The molecule has 30 heavy (non-hydrogen) atoms. The Labute approximate surface area is 170 Å². The number of carbonyl (C=O) groups is 1. The first-order valence-corrected chi connectivity index (χ1v) is 9.08. The van der Waals surface area contributed by atoms with Gasteiger partial charge in [-0.2, -0.15) is 13.2 Å². The van der Waals surface area contributed by atoms with E-state index in [0.29, 0.717) is 23.0 Å². The summed E-state index contributed by atoms with van der Waals surface area (Å²) in [5.41, 5.74) is 0.762. The van der Waals surface area contributed by atoms with Crippen molar-refractivity contribution in [1.82, 2.24) is 9.55 Å². The zero-order valence-corrected chi connectivity index (χ0v) is 16.2. The molecule has 1 aromatic heterocycles. The number of nitrogens with zero attached hydrogens (tertiary/aromatic N) is 2. The fourth-order valence-corrected chi connectivity index (χ4v) is 3.60. The van der Waals surface area contributed by atoms with Gasteiger partial charge in [-0.25, -0.2) is 4.98 Å². The van der Waals surface area contributed by atoms with Crippen molar-refractivity contribution in [1.29, 1.82) is 0 Å². The van der Waals surface area contributed by atoms with Crippen LogP contribution < -0.4 is 14.8 Å². The van der Waals surface area contributed by atoms with Crippen LogP contribution in [0.2, 0.25) is 0 Å². The number of anilines is 1. The average Bonchev–Trinajstić information content (AvgIpc) is 3.16. The molecule has 3 aromatic rings. The highest BCUT2D eigenvalue weighted by Gasteiger charge is 2.34. The Bertz CT molecular complexity index is 1110. The number of amides is 1. The van der Waals surface area contributed by atoms with E-state index in [-0.39, 0.29) is 18.0 Å². The molecule has 0 saturated heterocycles. The Morgan fingerprint density at radius 2 is 1.93 bits per heavy atom. The van der Waals surface area contributed by atoms with Gasteiger partial charge in [-0.15, -0.1) is 0 Å². The average molecular weight is 417 g/mol. The predicted octanol–water partition coefficient (Wildman–Crippen LogP) is 4.38. The second-order valence-electron chi connectivity index (χ2n) is 6.81. The van der Waals surface area contributed by atoms with Crippen molar-refractivity contribution in [3.8, 4) is 17.2 Å². The number of fused-ring (bicyclic) bond motifs is 1. The summed E-state index contributed by atoms with van der Waals surface area (Å²) in [6, 6.07) is 10.1. The molecule has 4 rings (SSSR count). The minimum atomic E-state index is -4.47. The van der Waals surface area contributed by atoms with Crippen LogP contribution in [0.1, 0.15) is 29.2 Å². The van der Waals surface area contributed by atoms with E-state index in [1.165, 1.54) is 37.2 Å². The lowest BCUT2D eigenvalue weighted by Crippen LogP contribution is -2.25. The number of ether oxygens (including phenoxy) is 2. The molecule has 0 aliphatic carbocycles. The first-order chi connectivity index (χ1) is 14.3. The monoisotopic (exact) mass is 417 g/mol. The summed E-state index contributed by atoms with van der Waals surface area (Å²) in [4.78, 5) is 16.9. The maximum atomic E-state index is 13.1. The summed E-state index contributed by atoms with van der Waals surface area (Å²) in [5, 5.41) is 2.74. The number of hydrogen-bond acceptors (Lipinski definition) is 4. The Hall–Kier alpha value is -3.49. The van der Waals surface area contributed by atoms with E-state index < -0.39 is 17.7 Å². The third-order valence-corrected chi connectivity index (χ3v) is 5.04. The number of hydrogen-bond donors (Lipinski definition) is 1. The summed E-state index contributed by atoms with van der Waals surface area (Å²) < 4.78 is 51.5. The van der Waals surface area contributed by atoms with Gasteiger partial charge in [0.15, 0.2) is 0 Å². The topological polar surface area (TPSA) is 65.4 Å². The Morgan fingerprint density at radius 3 is 2.63 bits per heavy atom. The minimum Gasteiger partial charge on any atom is -0.497 e. The van der Waals surface area contributed by atoms with Crippen molar-refractivity contribution < 1.29 is 27.4 Å². The number of nitrogens with one attached hydrogen (secondary N) is 1. The predicted molar refractivity (Wildman–Crippen MR) is 103 cm³/mol. The highest BCUT2D eigenvalue weighted by molar-refractivity contribution is 5.94. The molecule has 0 saturated carbocycles. The summed E-state index contributed by atoms with van der Waals surface area (Å²) in [6.45, 7) is 0. The van der Waals surface area contributed by atoms with Gasteiger partial charge in [0.05, 0.1) is 25.5 Å². The molecule has 9 heteroatoms. The maximum absolute atomic E-state index is 13.1. The van der Waals surface area contributed by atoms with Crippen molar-refractivity contribution in [2.45, 2.75) is 18.5 Å². The molecule has 6 nitrogen and oxygen atoms in total. The van der Waals surface area contributed by atoms with E-state index in [9.17, 15) is 18.0 Å². The Kier molecular flexibility index (Phi) is 4.89. The van der Waals surface area contributed by atoms with E-state index in [1.54, 1.807) is 18.2 Å². The van der Waals surface area contributed by atoms with Crippen LogP contribution in [-0.4, -0.2) is 29.7 Å². The van der Waals surface area contributed by atoms with Gasteiger partial charge in [0.25, 0.3) is 0 Å². The van der Waals surface area contributed by atoms with Gasteiger partial charge >= 0.3 is 6.18 Å². The van der Waals surface area contributed by atoms with E-state index in [1.807, 2.05) is 0 Å². The van der Waals surface area contributed by atoms with Crippen molar-refractivity contribution in [3.05, 3.63) is 65.6 Å². The van der Waals surface area contributed by atoms with E-state index in [2.05, 4.69) is 10.3 Å². The van der Waals surface area contributed by atoms with Crippen LogP contribution in [0.5, 0.6) is 11.5 Å². The van der Waals surface area contributed by atoms with Crippen LogP contribution >= 0.6 is 0 Å². The summed E-state index contributed by atoms with van der Waals surface area (Å²) in [7, 11) is 3.06. The third-order valence-electron chi connectivity index (χ3n) is 5.04. The Balaban J connectivity index is 1.81. The number of benzene rings is 2. The third kappa shape index (κ3) is 3.47. The number of imidazole rings is 1. The number of rotatable bonds is 4. The summed E-state index contributed by atoms with van der Waals surface area (Å²) >= 11 is 0. The molecular weight excluding hydrogens is 399 g/mol. The second kappa shape index (κ2) is 7.40. The van der Waals surface area contributed by atoms with Crippen molar-refractivity contribution in [2.75, 3.05) is 19.5 Å². The minimum absolute atomic E-state index is 0.134. The normalized spacial score (nSPS) is 16.0. The van der Waals surface area contributed by atoms with Crippen molar-refractivity contribution >= 4 is 11.7 Å².